The topological polar surface area (TPSA) is 56.6 Å². The lowest BCUT2D eigenvalue weighted by Gasteiger charge is -2.19. The quantitative estimate of drug-likeness (QED) is 0.689. The first-order valence-corrected chi connectivity index (χ1v) is 5.08. The highest BCUT2D eigenvalue weighted by Crippen LogP contribution is 1.99. The van der Waals surface area contributed by atoms with E-state index in [1.54, 1.807) is 12.4 Å². The molecule has 4 heteroatoms. The van der Waals surface area contributed by atoms with Crippen molar-refractivity contribution in [3.63, 3.8) is 0 Å². The van der Waals surface area contributed by atoms with Crippen molar-refractivity contribution >= 4 is 0 Å². The highest BCUT2D eigenvalue weighted by molar-refractivity contribution is 5.09. The maximum atomic E-state index is 9.22. The van der Waals surface area contributed by atoms with E-state index in [-0.39, 0.29) is 6.61 Å². The monoisotopic (exact) mass is 210 g/mol. The second kappa shape index (κ2) is 6.50. The average molecular weight is 210 g/mol. The summed E-state index contributed by atoms with van der Waals surface area (Å²) < 4.78 is 0. The van der Waals surface area contributed by atoms with Gasteiger partial charge in [-0.25, -0.2) is 0 Å². The Labute approximate surface area is 90.2 Å². The molecule has 1 heterocycles. The van der Waals surface area contributed by atoms with E-state index in [1.807, 2.05) is 24.1 Å². The van der Waals surface area contributed by atoms with Crippen molar-refractivity contribution in [3.05, 3.63) is 30.1 Å². The van der Waals surface area contributed by atoms with Gasteiger partial charge in [0.1, 0.15) is 0 Å². The molecule has 4 nitrogen and oxygen atoms in total. The molecule has 0 saturated heterocycles. The third-order valence-electron chi connectivity index (χ3n) is 2.26. The van der Waals surface area contributed by atoms with Crippen molar-refractivity contribution in [2.75, 3.05) is 26.7 Å². The molecule has 1 aromatic rings. The van der Waals surface area contributed by atoms with Crippen LogP contribution < -0.4 is 0 Å². The second-order valence-corrected chi connectivity index (χ2v) is 3.70. The normalized spacial score (nSPS) is 13.1. The summed E-state index contributed by atoms with van der Waals surface area (Å²) in [6.07, 6.45) is 3.83. The molecule has 2 N–H and O–H groups in total. The van der Waals surface area contributed by atoms with Crippen molar-refractivity contribution in [1.29, 1.82) is 0 Å². The predicted octanol–water partition coefficient (Wildman–Crippen LogP) is -0.0909. The number of pyridine rings is 1. The first kappa shape index (κ1) is 12.1. The van der Waals surface area contributed by atoms with Crippen LogP contribution in [0.1, 0.15) is 5.56 Å². The van der Waals surface area contributed by atoms with Gasteiger partial charge in [0.25, 0.3) is 0 Å². The van der Waals surface area contributed by atoms with Crippen molar-refractivity contribution in [2.45, 2.75) is 12.5 Å². The van der Waals surface area contributed by atoms with Crippen LogP contribution in [0, 0.1) is 0 Å². The highest BCUT2D eigenvalue weighted by atomic mass is 16.3. The van der Waals surface area contributed by atoms with E-state index in [9.17, 15) is 5.11 Å². The summed E-state index contributed by atoms with van der Waals surface area (Å²) in [5.41, 5.74) is 1.23. The van der Waals surface area contributed by atoms with Crippen LogP contribution >= 0.6 is 0 Å². The molecule has 0 spiro atoms. The van der Waals surface area contributed by atoms with E-state index in [1.165, 1.54) is 5.56 Å². The minimum Gasteiger partial charge on any atom is -0.394 e. The van der Waals surface area contributed by atoms with E-state index in [0.717, 1.165) is 13.0 Å². The van der Waals surface area contributed by atoms with Gasteiger partial charge in [-0.2, -0.15) is 0 Å². The predicted molar refractivity (Wildman–Crippen MR) is 58.5 cm³/mol. The van der Waals surface area contributed by atoms with Gasteiger partial charge in [-0.1, -0.05) is 0 Å². The van der Waals surface area contributed by atoms with Crippen LogP contribution in [0.4, 0.5) is 0 Å². The molecule has 0 saturated carbocycles. The molecule has 0 radical (unpaired) electrons. The summed E-state index contributed by atoms with van der Waals surface area (Å²) in [5, 5.41) is 17.9. The molecular formula is C11H18N2O2. The van der Waals surface area contributed by atoms with Gasteiger partial charge in [0.15, 0.2) is 0 Å². The average Bonchev–Trinajstić information content (AvgIpc) is 2.27. The molecule has 84 valence electrons. The molecule has 0 aliphatic heterocycles. The smallest absolute Gasteiger partial charge is 0.0897 e. The minimum atomic E-state index is -0.646. The van der Waals surface area contributed by atoms with E-state index < -0.39 is 6.10 Å². The van der Waals surface area contributed by atoms with E-state index in [2.05, 4.69) is 4.98 Å². The lowest BCUT2D eigenvalue weighted by molar-refractivity contribution is 0.0669. The van der Waals surface area contributed by atoms with Crippen molar-refractivity contribution in [1.82, 2.24) is 9.88 Å². The van der Waals surface area contributed by atoms with Crippen molar-refractivity contribution in [3.8, 4) is 0 Å². The summed E-state index contributed by atoms with van der Waals surface area (Å²) >= 11 is 0. The zero-order valence-electron chi connectivity index (χ0n) is 9.00. The molecular weight excluding hydrogens is 192 g/mol. The van der Waals surface area contributed by atoms with Gasteiger partial charge in [0.05, 0.1) is 12.7 Å². The SMILES string of the molecule is CN(CCc1ccncc1)CC(O)CO. The van der Waals surface area contributed by atoms with Crippen molar-refractivity contribution < 1.29 is 10.2 Å². The zero-order valence-corrected chi connectivity index (χ0v) is 9.00. The standard InChI is InChI=1S/C11H18N2O2/c1-13(8-11(15)9-14)7-4-10-2-5-12-6-3-10/h2-3,5-6,11,14-15H,4,7-9H2,1H3. The van der Waals surface area contributed by atoms with E-state index in [0.29, 0.717) is 6.54 Å². The summed E-state index contributed by atoms with van der Waals surface area (Å²) in [6.45, 7) is 1.18. The van der Waals surface area contributed by atoms with Gasteiger partial charge < -0.3 is 15.1 Å². The first-order chi connectivity index (χ1) is 7.22. The summed E-state index contributed by atoms with van der Waals surface area (Å²) in [5.74, 6) is 0. The maximum Gasteiger partial charge on any atom is 0.0897 e. The Hall–Kier alpha value is -0.970. The third-order valence-corrected chi connectivity index (χ3v) is 2.26. The van der Waals surface area contributed by atoms with Gasteiger partial charge in [-0.05, 0) is 31.2 Å². The van der Waals surface area contributed by atoms with Crippen LogP contribution in [0.2, 0.25) is 0 Å². The van der Waals surface area contributed by atoms with Crippen LogP contribution in [0.5, 0.6) is 0 Å². The summed E-state index contributed by atoms with van der Waals surface area (Å²) in [6, 6.07) is 3.96. The molecule has 0 aliphatic carbocycles. The molecule has 0 bridgehead atoms. The van der Waals surface area contributed by atoms with Crippen LogP contribution in [0.3, 0.4) is 0 Å². The number of hydrogen-bond donors (Lipinski definition) is 2. The van der Waals surface area contributed by atoms with Crippen LogP contribution in [0.25, 0.3) is 0 Å². The Balaban J connectivity index is 2.25. The molecule has 1 aromatic heterocycles. The summed E-state index contributed by atoms with van der Waals surface area (Å²) in [7, 11) is 1.93. The lowest BCUT2D eigenvalue weighted by atomic mass is 10.2. The largest absolute Gasteiger partial charge is 0.394 e. The number of aliphatic hydroxyl groups is 2. The molecule has 1 rings (SSSR count). The zero-order chi connectivity index (χ0) is 11.1. The molecule has 15 heavy (non-hydrogen) atoms. The number of aromatic nitrogens is 1. The molecule has 0 fully saturated rings. The molecule has 0 amide bonds. The Morgan fingerprint density at radius 1 is 1.40 bits per heavy atom. The fourth-order valence-corrected chi connectivity index (χ4v) is 1.38. The van der Waals surface area contributed by atoms with Gasteiger partial charge in [0.2, 0.25) is 0 Å². The van der Waals surface area contributed by atoms with Crippen LogP contribution in [-0.4, -0.2) is 52.9 Å². The van der Waals surface area contributed by atoms with Gasteiger partial charge in [0, 0.05) is 25.5 Å². The van der Waals surface area contributed by atoms with Crippen molar-refractivity contribution in [2.24, 2.45) is 0 Å². The first-order valence-electron chi connectivity index (χ1n) is 5.08. The van der Waals surface area contributed by atoms with Gasteiger partial charge in [-0.15, -0.1) is 0 Å². The van der Waals surface area contributed by atoms with Gasteiger partial charge >= 0.3 is 0 Å². The minimum absolute atomic E-state index is 0.181. The van der Waals surface area contributed by atoms with Crippen LogP contribution in [0.15, 0.2) is 24.5 Å². The number of hydrogen-bond acceptors (Lipinski definition) is 4. The lowest BCUT2D eigenvalue weighted by Crippen LogP contribution is -2.32. The summed E-state index contributed by atoms with van der Waals surface area (Å²) in [4.78, 5) is 5.95. The molecule has 0 aliphatic rings. The van der Waals surface area contributed by atoms with E-state index >= 15 is 0 Å². The Morgan fingerprint density at radius 3 is 2.67 bits per heavy atom. The number of likely N-dealkylation sites (N-methyl/N-ethyl adjacent to an activating group) is 1. The third kappa shape index (κ3) is 4.88. The number of nitrogens with zero attached hydrogens (tertiary/aromatic N) is 2. The van der Waals surface area contributed by atoms with E-state index in [4.69, 9.17) is 5.11 Å². The number of rotatable bonds is 6. The molecule has 1 atom stereocenters. The maximum absolute atomic E-state index is 9.22. The Kier molecular flexibility index (Phi) is 5.25. The van der Waals surface area contributed by atoms with Crippen LogP contribution in [-0.2, 0) is 6.42 Å². The Bertz CT molecular complexity index is 267. The number of aliphatic hydroxyl groups excluding tert-OH is 2. The van der Waals surface area contributed by atoms with Gasteiger partial charge in [-0.3, -0.25) is 4.98 Å². The molecule has 0 aromatic carbocycles. The fourth-order valence-electron chi connectivity index (χ4n) is 1.38. The Morgan fingerprint density at radius 2 is 2.07 bits per heavy atom. The fraction of sp³-hybridized carbons (Fsp3) is 0.545. The second-order valence-electron chi connectivity index (χ2n) is 3.70. The highest BCUT2D eigenvalue weighted by Gasteiger charge is 2.06. The molecule has 1 unspecified atom stereocenters.